The normalized spacial score (nSPS) is 12.4. The lowest BCUT2D eigenvalue weighted by molar-refractivity contribution is 0.221. The van der Waals surface area contributed by atoms with Crippen molar-refractivity contribution in [2.75, 3.05) is 11.5 Å². The van der Waals surface area contributed by atoms with Crippen LogP contribution in [0.25, 0.3) is 0 Å². The SMILES string of the molecule is Cc1cnc(N)c(C(O)c2cc(F)ccc2N)c1. The monoisotopic (exact) mass is 247 g/mol. The summed E-state index contributed by atoms with van der Waals surface area (Å²) in [7, 11) is 0. The van der Waals surface area contributed by atoms with Gasteiger partial charge in [-0.1, -0.05) is 0 Å². The number of benzene rings is 1. The van der Waals surface area contributed by atoms with Crippen molar-refractivity contribution >= 4 is 11.5 Å². The zero-order chi connectivity index (χ0) is 13.3. The number of aliphatic hydroxyl groups is 1. The molecule has 4 nitrogen and oxygen atoms in total. The molecule has 0 aliphatic carbocycles. The molecule has 5 heteroatoms. The fraction of sp³-hybridized carbons (Fsp3) is 0.154. The van der Waals surface area contributed by atoms with E-state index in [0.29, 0.717) is 11.3 Å². The number of pyridine rings is 1. The van der Waals surface area contributed by atoms with Crippen molar-refractivity contribution in [2.24, 2.45) is 0 Å². The molecule has 1 heterocycles. The number of aryl methyl sites for hydroxylation is 1. The van der Waals surface area contributed by atoms with Crippen LogP contribution in [0, 0.1) is 12.7 Å². The number of aromatic nitrogens is 1. The molecule has 0 aliphatic rings. The summed E-state index contributed by atoms with van der Waals surface area (Å²) < 4.78 is 13.2. The molecule has 0 saturated carbocycles. The first-order valence-corrected chi connectivity index (χ1v) is 5.44. The van der Waals surface area contributed by atoms with Crippen molar-refractivity contribution in [2.45, 2.75) is 13.0 Å². The maximum absolute atomic E-state index is 13.2. The molecular weight excluding hydrogens is 233 g/mol. The Balaban J connectivity index is 2.50. The number of halogens is 1. The van der Waals surface area contributed by atoms with Gasteiger partial charge in [0.05, 0.1) is 0 Å². The molecule has 5 N–H and O–H groups in total. The van der Waals surface area contributed by atoms with Crippen molar-refractivity contribution in [1.82, 2.24) is 4.98 Å². The van der Waals surface area contributed by atoms with Gasteiger partial charge in [-0.2, -0.15) is 0 Å². The minimum atomic E-state index is -1.09. The highest BCUT2D eigenvalue weighted by atomic mass is 19.1. The van der Waals surface area contributed by atoms with Crippen molar-refractivity contribution < 1.29 is 9.50 Å². The number of rotatable bonds is 2. The fourth-order valence-electron chi connectivity index (χ4n) is 1.77. The van der Waals surface area contributed by atoms with Crippen LogP contribution in [0.3, 0.4) is 0 Å². The summed E-state index contributed by atoms with van der Waals surface area (Å²) in [5, 5.41) is 10.2. The molecule has 2 aromatic rings. The van der Waals surface area contributed by atoms with Crippen molar-refractivity contribution in [1.29, 1.82) is 0 Å². The lowest BCUT2D eigenvalue weighted by Crippen LogP contribution is -2.08. The lowest BCUT2D eigenvalue weighted by atomic mass is 9.99. The van der Waals surface area contributed by atoms with Gasteiger partial charge in [0, 0.05) is 23.0 Å². The second-order valence-electron chi connectivity index (χ2n) is 4.16. The van der Waals surface area contributed by atoms with E-state index in [1.165, 1.54) is 18.2 Å². The van der Waals surface area contributed by atoms with E-state index in [4.69, 9.17) is 11.5 Å². The number of nitrogens with zero attached hydrogens (tertiary/aromatic N) is 1. The third kappa shape index (κ3) is 2.26. The van der Waals surface area contributed by atoms with Crippen LogP contribution in [0.5, 0.6) is 0 Å². The Morgan fingerprint density at radius 3 is 2.67 bits per heavy atom. The van der Waals surface area contributed by atoms with Crippen LogP contribution in [-0.4, -0.2) is 10.1 Å². The van der Waals surface area contributed by atoms with Crippen LogP contribution in [-0.2, 0) is 0 Å². The van der Waals surface area contributed by atoms with Gasteiger partial charge in [0.2, 0.25) is 0 Å². The maximum Gasteiger partial charge on any atom is 0.129 e. The minimum absolute atomic E-state index is 0.205. The molecular formula is C13H14FN3O. The molecule has 0 saturated heterocycles. The zero-order valence-corrected chi connectivity index (χ0v) is 9.89. The molecule has 1 aromatic heterocycles. The van der Waals surface area contributed by atoms with Crippen LogP contribution in [0.2, 0.25) is 0 Å². The van der Waals surface area contributed by atoms with E-state index in [0.717, 1.165) is 5.56 Å². The third-order valence-electron chi connectivity index (χ3n) is 2.72. The number of aliphatic hydroxyl groups excluding tert-OH is 1. The molecule has 0 bridgehead atoms. The van der Waals surface area contributed by atoms with Crippen LogP contribution in [0.4, 0.5) is 15.9 Å². The number of nitrogen functional groups attached to an aromatic ring is 2. The van der Waals surface area contributed by atoms with Gasteiger partial charge >= 0.3 is 0 Å². The highest BCUT2D eigenvalue weighted by Gasteiger charge is 2.17. The first-order chi connectivity index (χ1) is 8.49. The Bertz CT molecular complexity index is 535. The third-order valence-corrected chi connectivity index (χ3v) is 2.72. The van der Waals surface area contributed by atoms with E-state index >= 15 is 0 Å². The summed E-state index contributed by atoms with van der Waals surface area (Å²) >= 11 is 0. The largest absolute Gasteiger partial charge is 0.398 e. The molecule has 1 atom stereocenters. The van der Waals surface area contributed by atoms with Crippen molar-refractivity contribution in [3.05, 3.63) is 53.0 Å². The van der Waals surface area contributed by atoms with Crippen LogP contribution < -0.4 is 11.5 Å². The van der Waals surface area contributed by atoms with Gasteiger partial charge < -0.3 is 16.6 Å². The Morgan fingerprint density at radius 1 is 1.22 bits per heavy atom. The molecule has 0 aliphatic heterocycles. The van der Waals surface area contributed by atoms with E-state index < -0.39 is 11.9 Å². The Kier molecular flexibility index (Phi) is 3.16. The summed E-state index contributed by atoms with van der Waals surface area (Å²) in [5.41, 5.74) is 13.3. The Hall–Kier alpha value is -2.14. The van der Waals surface area contributed by atoms with E-state index in [1.807, 2.05) is 6.92 Å². The van der Waals surface area contributed by atoms with Crippen LogP contribution >= 0.6 is 0 Å². The minimum Gasteiger partial charge on any atom is -0.398 e. The summed E-state index contributed by atoms with van der Waals surface area (Å²) in [5.74, 6) is -0.255. The van der Waals surface area contributed by atoms with Crippen molar-refractivity contribution in [3.63, 3.8) is 0 Å². The van der Waals surface area contributed by atoms with Gasteiger partial charge in [0.25, 0.3) is 0 Å². The van der Waals surface area contributed by atoms with Gasteiger partial charge in [-0.05, 0) is 36.8 Å². The quantitative estimate of drug-likeness (QED) is 0.706. The average molecular weight is 247 g/mol. The summed E-state index contributed by atoms with van der Waals surface area (Å²) in [6, 6.07) is 5.55. The molecule has 1 aromatic carbocycles. The van der Waals surface area contributed by atoms with Gasteiger partial charge in [-0.15, -0.1) is 0 Å². The van der Waals surface area contributed by atoms with E-state index in [-0.39, 0.29) is 11.4 Å². The molecule has 0 amide bonds. The lowest BCUT2D eigenvalue weighted by Gasteiger charge is -2.15. The molecule has 18 heavy (non-hydrogen) atoms. The second-order valence-corrected chi connectivity index (χ2v) is 4.16. The first-order valence-electron chi connectivity index (χ1n) is 5.44. The molecule has 2 rings (SSSR count). The molecule has 1 unspecified atom stereocenters. The van der Waals surface area contributed by atoms with Gasteiger partial charge in [0.1, 0.15) is 17.7 Å². The standard InChI is InChI=1S/C13H14FN3O/c1-7-4-10(13(16)17-6-7)12(18)9-5-8(14)2-3-11(9)15/h2-6,12,18H,15H2,1H3,(H2,16,17). The predicted octanol–water partition coefficient (Wildman–Crippen LogP) is 1.78. The van der Waals surface area contributed by atoms with Crippen LogP contribution in [0.15, 0.2) is 30.5 Å². The zero-order valence-electron chi connectivity index (χ0n) is 9.89. The van der Waals surface area contributed by atoms with Gasteiger partial charge in [0.15, 0.2) is 0 Å². The van der Waals surface area contributed by atoms with E-state index in [1.54, 1.807) is 12.3 Å². The topological polar surface area (TPSA) is 85.2 Å². The molecule has 0 spiro atoms. The fourth-order valence-corrected chi connectivity index (χ4v) is 1.77. The number of hydrogen-bond donors (Lipinski definition) is 3. The summed E-state index contributed by atoms with van der Waals surface area (Å²) in [6.07, 6.45) is 0.508. The molecule has 94 valence electrons. The molecule has 0 radical (unpaired) electrons. The predicted molar refractivity (Wildman–Crippen MR) is 68.3 cm³/mol. The Morgan fingerprint density at radius 2 is 1.94 bits per heavy atom. The number of anilines is 2. The van der Waals surface area contributed by atoms with Crippen LogP contribution in [0.1, 0.15) is 22.8 Å². The smallest absolute Gasteiger partial charge is 0.129 e. The van der Waals surface area contributed by atoms with Crippen molar-refractivity contribution in [3.8, 4) is 0 Å². The van der Waals surface area contributed by atoms with Gasteiger partial charge in [-0.25, -0.2) is 9.37 Å². The highest BCUT2D eigenvalue weighted by molar-refractivity contribution is 5.54. The average Bonchev–Trinajstić information content (AvgIpc) is 2.34. The first kappa shape index (κ1) is 12.3. The van der Waals surface area contributed by atoms with Gasteiger partial charge in [-0.3, -0.25) is 0 Å². The maximum atomic E-state index is 13.2. The summed E-state index contributed by atoms with van der Waals surface area (Å²) in [6.45, 7) is 1.83. The highest BCUT2D eigenvalue weighted by Crippen LogP contribution is 2.30. The Labute approximate surface area is 104 Å². The number of nitrogens with two attached hydrogens (primary N) is 2. The number of hydrogen-bond acceptors (Lipinski definition) is 4. The van der Waals surface area contributed by atoms with E-state index in [2.05, 4.69) is 4.98 Å². The second kappa shape index (κ2) is 4.62. The molecule has 0 fully saturated rings. The van der Waals surface area contributed by atoms with E-state index in [9.17, 15) is 9.50 Å². The summed E-state index contributed by atoms with van der Waals surface area (Å²) in [4.78, 5) is 3.96.